The molecule has 0 heterocycles. The Bertz CT molecular complexity index is 110. The molecule has 0 aromatic carbocycles. The van der Waals surface area contributed by atoms with Gasteiger partial charge in [0.2, 0.25) is 0 Å². The Morgan fingerprint density at radius 2 is 1.89 bits per heavy atom. The predicted octanol–water partition coefficient (Wildman–Crippen LogP) is 1.38. The van der Waals surface area contributed by atoms with Gasteiger partial charge >= 0.3 is 0 Å². The standard InChI is InChI=1S/C8H15N/c1-2-6-7-3-5(9)4-8(6)7/h5-8H,2-4,9H2,1H3. The zero-order valence-electron chi connectivity index (χ0n) is 6.01. The lowest BCUT2D eigenvalue weighted by Gasteiger charge is -2.05. The molecule has 52 valence electrons. The maximum Gasteiger partial charge on any atom is 0.00445 e. The van der Waals surface area contributed by atoms with Gasteiger partial charge in [0.25, 0.3) is 0 Å². The van der Waals surface area contributed by atoms with Crippen molar-refractivity contribution in [2.45, 2.75) is 32.2 Å². The summed E-state index contributed by atoms with van der Waals surface area (Å²) < 4.78 is 0. The summed E-state index contributed by atoms with van der Waals surface area (Å²) in [6.45, 7) is 2.30. The predicted molar refractivity (Wildman–Crippen MR) is 38.0 cm³/mol. The summed E-state index contributed by atoms with van der Waals surface area (Å²) >= 11 is 0. The largest absolute Gasteiger partial charge is 0.328 e. The van der Waals surface area contributed by atoms with Gasteiger partial charge in [-0.3, -0.25) is 0 Å². The van der Waals surface area contributed by atoms with E-state index in [2.05, 4.69) is 6.92 Å². The molecule has 0 aromatic rings. The highest BCUT2D eigenvalue weighted by atomic mass is 14.7. The van der Waals surface area contributed by atoms with Crippen molar-refractivity contribution in [3.05, 3.63) is 0 Å². The van der Waals surface area contributed by atoms with Crippen LogP contribution in [0.3, 0.4) is 0 Å². The van der Waals surface area contributed by atoms with Gasteiger partial charge in [0.05, 0.1) is 0 Å². The van der Waals surface area contributed by atoms with E-state index in [0.717, 1.165) is 17.8 Å². The number of rotatable bonds is 1. The third-order valence-electron chi connectivity index (χ3n) is 3.13. The van der Waals surface area contributed by atoms with Gasteiger partial charge in [0.15, 0.2) is 0 Å². The van der Waals surface area contributed by atoms with Crippen molar-refractivity contribution in [1.82, 2.24) is 0 Å². The first-order valence-corrected chi connectivity index (χ1v) is 4.08. The van der Waals surface area contributed by atoms with E-state index in [1.54, 1.807) is 0 Å². The summed E-state index contributed by atoms with van der Waals surface area (Å²) in [5, 5.41) is 0. The minimum Gasteiger partial charge on any atom is -0.328 e. The van der Waals surface area contributed by atoms with Crippen LogP contribution in [0.5, 0.6) is 0 Å². The molecule has 0 aliphatic heterocycles. The van der Waals surface area contributed by atoms with Crippen LogP contribution in [0.25, 0.3) is 0 Å². The SMILES string of the molecule is CCC1C2CC(N)CC12. The first-order chi connectivity index (χ1) is 4.33. The molecule has 2 aliphatic carbocycles. The number of hydrogen-bond donors (Lipinski definition) is 1. The molecule has 2 N–H and O–H groups in total. The van der Waals surface area contributed by atoms with E-state index in [1.165, 1.54) is 19.3 Å². The van der Waals surface area contributed by atoms with Crippen LogP contribution in [0.2, 0.25) is 0 Å². The molecule has 9 heavy (non-hydrogen) atoms. The Morgan fingerprint density at radius 1 is 1.33 bits per heavy atom. The van der Waals surface area contributed by atoms with Crippen molar-refractivity contribution in [3.63, 3.8) is 0 Å². The summed E-state index contributed by atoms with van der Waals surface area (Å²) in [6, 6.07) is 0.558. The number of hydrogen-bond acceptors (Lipinski definition) is 1. The minimum absolute atomic E-state index is 0.558. The van der Waals surface area contributed by atoms with Crippen molar-refractivity contribution in [3.8, 4) is 0 Å². The van der Waals surface area contributed by atoms with Crippen molar-refractivity contribution in [1.29, 1.82) is 0 Å². The third-order valence-corrected chi connectivity index (χ3v) is 3.13. The van der Waals surface area contributed by atoms with E-state index >= 15 is 0 Å². The third kappa shape index (κ3) is 0.710. The first-order valence-electron chi connectivity index (χ1n) is 4.08. The molecule has 2 atom stereocenters. The molecule has 1 nitrogen and oxygen atoms in total. The fourth-order valence-electron chi connectivity index (χ4n) is 2.62. The van der Waals surface area contributed by atoms with E-state index < -0.39 is 0 Å². The van der Waals surface area contributed by atoms with Crippen LogP contribution in [0.15, 0.2) is 0 Å². The first kappa shape index (κ1) is 5.72. The highest BCUT2D eigenvalue weighted by Crippen LogP contribution is 2.58. The molecule has 1 heteroatoms. The molecule has 2 fully saturated rings. The Labute approximate surface area is 56.6 Å². The van der Waals surface area contributed by atoms with Crippen molar-refractivity contribution in [2.24, 2.45) is 23.5 Å². The molecule has 0 saturated heterocycles. The highest BCUT2D eigenvalue weighted by molar-refractivity contribution is 5.04. The van der Waals surface area contributed by atoms with Crippen LogP contribution in [-0.2, 0) is 0 Å². The maximum absolute atomic E-state index is 5.77. The fraction of sp³-hybridized carbons (Fsp3) is 1.00. The molecule has 0 bridgehead atoms. The minimum atomic E-state index is 0.558. The van der Waals surface area contributed by atoms with Crippen molar-refractivity contribution in [2.75, 3.05) is 0 Å². The summed E-state index contributed by atoms with van der Waals surface area (Å²) in [5.41, 5.74) is 5.77. The van der Waals surface area contributed by atoms with Gasteiger partial charge in [0, 0.05) is 6.04 Å². The second-order valence-electron chi connectivity index (χ2n) is 3.63. The van der Waals surface area contributed by atoms with Gasteiger partial charge in [-0.25, -0.2) is 0 Å². The van der Waals surface area contributed by atoms with Crippen LogP contribution in [0.4, 0.5) is 0 Å². The molecule has 2 saturated carbocycles. The van der Waals surface area contributed by atoms with E-state index in [9.17, 15) is 0 Å². The smallest absolute Gasteiger partial charge is 0.00445 e. The van der Waals surface area contributed by atoms with Gasteiger partial charge in [0.1, 0.15) is 0 Å². The monoisotopic (exact) mass is 125 g/mol. The molecule has 0 spiro atoms. The van der Waals surface area contributed by atoms with E-state index in [0.29, 0.717) is 6.04 Å². The molecule has 2 aliphatic rings. The Hall–Kier alpha value is -0.0400. The fourth-order valence-corrected chi connectivity index (χ4v) is 2.62. The molecular weight excluding hydrogens is 110 g/mol. The molecule has 0 aromatic heterocycles. The van der Waals surface area contributed by atoms with E-state index in [1.807, 2.05) is 0 Å². The van der Waals surface area contributed by atoms with Gasteiger partial charge in [-0.15, -0.1) is 0 Å². The summed E-state index contributed by atoms with van der Waals surface area (Å²) in [5.74, 6) is 3.17. The van der Waals surface area contributed by atoms with Crippen molar-refractivity contribution < 1.29 is 0 Å². The van der Waals surface area contributed by atoms with Crippen LogP contribution in [-0.4, -0.2) is 6.04 Å². The van der Waals surface area contributed by atoms with Gasteiger partial charge < -0.3 is 5.73 Å². The lowest BCUT2D eigenvalue weighted by molar-refractivity contribution is 0.518. The summed E-state index contributed by atoms with van der Waals surface area (Å²) in [7, 11) is 0. The van der Waals surface area contributed by atoms with E-state index in [-0.39, 0.29) is 0 Å². The molecule has 2 unspecified atom stereocenters. The quantitative estimate of drug-likeness (QED) is 0.563. The zero-order valence-corrected chi connectivity index (χ0v) is 6.01. The Kier molecular flexibility index (Phi) is 1.10. The summed E-state index contributed by atoms with van der Waals surface area (Å²) in [4.78, 5) is 0. The molecule has 0 radical (unpaired) electrons. The van der Waals surface area contributed by atoms with Crippen LogP contribution < -0.4 is 5.73 Å². The Balaban J connectivity index is 1.91. The van der Waals surface area contributed by atoms with Gasteiger partial charge in [-0.1, -0.05) is 13.3 Å². The lowest BCUT2D eigenvalue weighted by Crippen LogP contribution is -2.17. The molecular formula is C8H15N. The normalized spacial score (nSPS) is 55.3. The number of fused-ring (bicyclic) bond motifs is 1. The summed E-state index contributed by atoms with van der Waals surface area (Å²) in [6.07, 6.45) is 4.04. The second kappa shape index (κ2) is 1.72. The zero-order chi connectivity index (χ0) is 6.43. The van der Waals surface area contributed by atoms with Crippen LogP contribution >= 0.6 is 0 Å². The highest BCUT2D eigenvalue weighted by Gasteiger charge is 2.53. The van der Waals surface area contributed by atoms with Crippen molar-refractivity contribution >= 4 is 0 Å². The average molecular weight is 125 g/mol. The molecule has 2 rings (SSSR count). The average Bonchev–Trinajstić information content (AvgIpc) is 2.30. The molecule has 0 amide bonds. The Morgan fingerprint density at radius 3 is 2.33 bits per heavy atom. The van der Waals surface area contributed by atoms with Gasteiger partial charge in [-0.2, -0.15) is 0 Å². The van der Waals surface area contributed by atoms with Crippen LogP contribution in [0.1, 0.15) is 26.2 Å². The van der Waals surface area contributed by atoms with Gasteiger partial charge in [-0.05, 0) is 30.6 Å². The number of nitrogens with two attached hydrogens (primary N) is 1. The van der Waals surface area contributed by atoms with E-state index in [4.69, 9.17) is 5.73 Å². The topological polar surface area (TPSA) is 26.0 Å². The maximum atomic E-state index is 5.77. The lowest BCUT2D eigenvalue weighted by atomic mass is 10.1. The van der Waals surface area contributed by atoms with Crippen LogP contribution in [0, 0.1) is 17.8 Å². The second-order valence-corrected chi connectivity index (χ2v) is 3.63.